The zero-order valence-corrected chi connectivity index (χ0v) is 17.5. The van der Waals surface area contributed by atoms with Gasteiger partial charge in [0, 0.05) is 38.1 Å². The van der Waals surface area contributed by atoms with E-state index in [1.165, 1.54) is 22.3 Å². The minimum atomic E-state index is -0.116. The van der Waals surface area contributed by atoms with Gasteiger partial charge >= 0.3 is 6.03 Å². The number of benzene rings is 2. The zero-order chi connectivity index (χ0) is 21.4. The Morgan fingerprint density at radius 1 is 1.03 bits per heavy atom. The quantitative estimate of drug-likeness (QED) is 0.538. The summed E-state index contributed by atoms with van der Waals surface area (Å²) in [4.78, 5) is 26.9. The number of aromatic nitrogens is 2. The number of carbonyl (C=O) groups is 2. The highest BCUT2D eigenvalue weighted by Gasteiger charge is 2.25. The van der Waals surface area contributed by atoms with Gasteiger partial charge in [-0.1, -0.05) is 30.3 Å². The fourth-order valence-electron chi connectivity index (χ4n) is 4.46. The number of hydrogen-bond acceptors (Lipinski definition) is 3. The van der Waals surface area contributed by atoms with E-state index < -0.39 is 0 Å². The highest BCUT2D eigenvalue weighted by Crippen LogP contribution is 2.37. The molecule has 0 unspecified atom stereocenters. The third-order valence-electron chi connectivity index (χ3n) is 6.13. The largest absolute Gasteiger partial charge is 0.349 e. The standard InChI is InChI=1S/C24H25N5O2/c1-28-15-18(14-25-28)23(30)26-19-8-10-29(11-9-19)24(31)27-20-6-7-22-17(13-20)12-16-4-2-3-5-21(16)22/h2-7,13-15,19H,8-12H2,1H3,(H,26,30)(H,27,31). The fraction of sp³-hybridized carbons (Fsp3) is 0.292. The molecule has 2 heterocycles. The molecule has 0 saturated carbocycles. The van der Waals surface area contributed by atoms with Crippen LogP contribution in [-0.2, 0) is 13.5 Å². The van der Waals surface area contributed by atoms with Crippen LogP contribution in [0.25, 0.3) is 11.1 Å². The van der Waals surface area contributed by atoms with E-state index in [-0.39, 0.29) is 18.0 Å². The van der Waals surface area contributed by atoms with E-state index in [2.05, 4.69) is 52.1 Å². The summed E-state index contributed by atoms with van der Waals surface area (Å²) in [5, 5.41) is 10.1. The lowest BCUT2D eigenvalue weighted by atomic mass is 10.0. The first-order valence-electron chi connectivity index (χ1n) is 10.6. The van der Waals surface area contributed by atoms with E-state index in [1.807, 2.05) is 11.0 Å². The maximum atomic E-state index is 12.8. The molecule has 3 aromatic rings. The summed E-state index contributed by atoms with van der Waals surface area (Å²) in [6.07, 6.45) is 5.63. The van der Waals surface area contributed by atoms with Gasteiger partial charge in [0.05, 0.1) is 11.8 Å². The average molecular weight is 415 g/mol. The fourth-order valence-corrected chi connectivity index (χ4v) is 4.46. The van der Waals surface area contributed by atoms with Gasteiger partial charge in [0.2, 0.25) is 0 Å². The van der Waals surface area contributed by atoms with Crippen molar-refractivity contribution < 1.29 is 9.59 Å². The van der Waals surface area contributed by atoms with Gasteiger partial charge in [0.15, 0.2) is 0 Å². The molecular weight excluding hydrogens is 390 g/mol. The number of carbonyl (C=O) groups excluding carboxylic acids is 2. The van der Waals surface area contributed by atoms with Gasteiger partial charge in [-0.2, -0.15) is 5.10 Å². The lowest BCUT2D eigenvalue weighted by Crippen LogP contribution is -2.47. The molecule has 0 radical (unpaired) electrons. The number of anilines is 1. The lowest BCUT2D eigenvalue weighted by Gasteiger charge is -2.32. The molecule has 1 saturated heterocycles. The number of urea groups is 1. The molecule has 7 heteroatoms. The molecule has 3 amide bonds. The molecule has 7 nitrogen and oxygen atoms in total. The Hall–Kier alpha value is -3.61. The van der Waals surface area contributed by atoms with Gasteiger partial charge in [-0.05, 0) is 53.6 Å². The number of aryl methyl sites for hydroxylation is 1. The number of nitrogens with zero attached hydrogens (tertiary/aromatic N) is 3. The van der Waals surface area contributed by atoms with Crippen molar-refractivity contribution in [1.29, 1.82) is 0 Å². The van der Waals surface area contributed by atoms with Crippen molar-refractivity contribution in [1.82, 2.24) is 20.0 Å². The first-order chi connectivity index (χ1) is 15.1. The number of fused-ring (bicyclic) bond motifs is 3. The Kier molecular flexibility index (Phi) is 4.94. The second-order valence-corrected chi connectivity index (χ2v) is 8.27. The topological polar surface area (TPSA) is 79.3 Å². The van der Waals surface area contributed by atoms with Gasteiger partial charge in [-0.25, -0.2) is 4.79 Å². The van der Waals surface area contributed by atoms with Crippen LogP contribution in [0.2, 0.25) is 0 Å². The Morgan fingerprint density at radius 2 is 1.81 bits per heavy atom. The highest BCUT2D eigenvalue weighted by atomic mass is 16.2. The van der Waals surface area contributed by atoms with Crippen LogP contribution in [0.4, 0.5) is 10.5 Å². The zero-order valence-electron chi connectivity index (χ0n) is 17.5. The van der Waals surface area contributed by atoms with Crippen LogP contribution >= 0.6 is 0 Å². The third-order valence-corrected chi connectivity index (χ3v) is 6.13. The molecule has 158 valence electrons. The van der Waals surface area contributed by atoms with E-state index in [9.17, 15) is 9.59 Å². The lowest BCUT2D eigenvalue weighted by molar-refractivity contribution is 0.0919. The number of nitrogens with one attached hydrogen (secondary N) is 2. The molecule has 0 spiro atoms. The molecule has 31 heavy (non-hydrogen) atoms. The maximum absolute atomic E-state index is 12.8. The van der Waals surface area contributed by atoms with Crippen LogP contribution in [0.1, 0.15) is 34.3 Å². The molecular formula is C24H25N5O2. The molecule has 1 aromatic heterocycles. The molecule has 2 aromatic carbocycles. The van der Waals surface area contributed by atoms with E-state index in [0.717, 1.165) is 24.9 Å². The van der Waals surface area contributed by atoms with Crippen LogP contribution in [0, 0.1) is 0 Å². The second-order valence-electron chi connectivity index (χ2n) is 8.27. The summed E-state index contributed by atoms with van der Waals surface area (Å²) in [7, 11) is 1.79. The summed E-state index contributed by atoms with van der Waals surface area (Å²) in [6.45, 7) is 1.22. The van der Waals surface area contributed by atoms with E-state index >= 15 is 0 Å². The Labute approximate surface area is 181 Å². The Balaban J connectivity index is 1.15. The molecule has 1 aliphatic carbocycles. The van der Waals surface area contributed by atoms with Crippen molar-refractivity contribution in [2.24, 2.45) is 7.05 Å². The maximum Gasteiger partial charge on any atom is 0.321 e. The SMILES string of the molecule is Cn1cc(C(=O)NC2CCN(C(=O)Nc3ccc4c(c3)Cc3ccccc3-4)CC2)cn1. The molecule has 2 aliphatic rings. The number of piperidine rings is 1. The molecule has 1 fully saturated rings. The summed E-state index contributed by atoms with van der Waals surface area (Å²) < 4.78 is 1.61. The first-order valence-corrected chi connectivity index (χ1v) is 10.6. The molecule has 0 atom stereocenters. The molecule has 0 bridgehead atoms. The van der Waals surface area contributed by atoms with Crippen LogP contribution in [0.3, 0.4) is 0 Å². The predicted octanol–water partition coefficient (Wildman–Crippen LogP) is 3.42. The predicted molar refractivity (Wildman–Crippen MR) is 119 cm³/mol. The number of hydrogen-bond donors (Lipinski definition) is 2. The van der Waals surface area contributed by atoms with Crippen molar-refractivity contribution in [3.63, 3.8) is 0 Å². The highest BCUT2D eigenvalue weighted by molar-refractivity contribution is 5.94. The van der Waals surface area contributed by atoms with Crippen molar-refractivity contribution in [2.45, 2.75) is 25.3 Å². The summed E-state index contributed by atoms with van der Waals surface area (Å²) in [5.74, 6) is -0.116. The average Bonchev–Trinajstić information content (AvgIpc) is 3.37. The smallest absolute Gasteiger partial charge is 0.321 e. The minimum Gasteiger partial charge on any atom is -0.349 e. The van der Waals surface area contributed by atoms with Crippen LogP contribution < -0.4 is 10.6 Å². The second kappa shape index (κ2) is 7.91. The summed E-state index contributed by atoms with van der Waals surface area (Å²) >= 11 is 0. The van der Waals surface area contributed by atoms with Crippen molar-refractivity contribution in [3.05, 3.63) is 71.5 Å². The number of likely N-dealkylation sites (tertiary alicyclic amines) is 1. The van der Waals surface area contributed by atoms with E-state index in [0.29, 0.717) is 18.7 Å². The molecule has 1 aliphatic heterocycles. The summed E-state index contributed by atoms with van der Waals surface area (Å²) in [5.41, 5.74) is 6.49. The molecule has 2 N–H and O–H groups in total. The number of rotatable bonds is 3. The third kappa shape index (κ3) is 3.91. The Morgan fingerprint density at radius 3 is 2.58 bits per heavy atom. The van der Waals surface area contributed by atoms with E-state index in [1.54, 1.807) is 24.1 Å². The Bertz CT molecular complexity index is 1140. The summed E-state index contributed by atoms with van der Waals surface area (Å²) in [6, 6.07) is 14.6. The van der Waals surface area contributed by atoms with Crippen molar-refractivity contribution >= 4 is 17.6 Å². The number of amides is 3. The monoisotopic (exact) mass is 415 g/mol. The van der Waals surface area contributed by atoms with Crippen molar-refractivity contribution in [2.75, 3.05) is 18.4 Å². The van der Waals surface area contributed by atoms with Crippen LogP contribution in [0.5, 0.6) is 0 Å². The van der Waals surface area contributed by atoms with Gasteiger partial charge in [0.25, 0.3) is 5.91 Å². The van der Waals surface area contributed by atoms with Gasteiger partial charge < -0.3 is 15.5 Å². The van der Waals surface area contributed by atoms with Crippen LogP contribution in [0.15, 0.2) is 54.9 Å². The van der Waals surface area contributed by atoms with Crippen LogP contribution in [-0.4, -0.2) is 45.8 Å². The minimum absolute atomic E-state index is 0.0651. The molecule has 5 rings (SSSR count). The van der Waals surface area contributed by atoms with Gasteiger partial charge in [0.1, 0.15) is 0 Å². The first kappa shape index (κ1) is 19.4. The van der Waals surface area contributed by atoms with Crippen molar-refractivity contribution in [3.8, 4) is 11.1 Å². The van der Waals surface area contributed by atoms with E-state index in [4.69, 9.17) is 0 Å². The normalized spacial score (nSPS) is 15.3. The van der Waals surface area contributed by atoms with Gasteiger partial charge in [-0.3, -0.25) is 9.48 Å². The van der Waals surface area contributed by atoms with Gasteiger partial charge in [-0.15, -0.1) is 0 Å².